The Morgan fingerprint density at radius 2 is 1.87 bits per heavy atom. The zero-order valence-electron chi connectivity index (χ0n) is 17.5. The van der Waals surface area contributed by atoms with Gasteiger partial charge in [0.2, 0.25) is 0 Å². The maximum absolute atomic E-state index is 13.2. The lowest BCUT2D eigenvalue weighted by Gasteiger charge is -2.28. The predicted molar refractivity (Wildman–Crippen MR) is 118 cm³/mol. The van der Waals surface area contributed by atoms with Gasteiger partial charge in [-0.05, 0) is 55.2 Å². The van der Waals surface area contributed by atoms with E-state index in [9.17, 15) is 19.5 Å². The highest BCUT2D eigenvalue weighted by molar-refractivity contribution is 6.39. The third-order valence-corrected chi connectivity index (χ3v) is 4.87. The first-order valence-electron chi connectivity index (χ1n) is 10.00. The monoisotopic (exact) mass is 420 g/mol. The molecule has 1 saturated heterocycles. The van der Waals surface area contributed by atoms with Crippen LogP contribution in [0, 0.1) is 0 Å². The van der Waals surface area contributed by atoms with Gasteiger partial charge in [-0.15, -0.1) is 6.58 Å². The number of para-hydroxylation sites is 1. The largest absolute Gasteiger partial charge is 0.504 e. The quantitative estimate of drug-likeness (QED) is 0.404. The van der Waals surface area contributed by atoms with Crippen LogP contribution >= 0.6 is 0 Å². The Morgan fingerprint density at radius 1 is 1.13 bits per heavy atom. The second kappa shape index (κ2) is 9.30. The van der Waals surface area contributed by atoms with Crippen LogP contribution in [0.4, 0.5) is 10.5 Å². The molecular formula is C24H24N2O5. The van der Waals surface area contributed by atoms with Crippen LogP contribution in [0.25, 0.3) is 6.08 Å². The van der Waals surface area contributed by atoms with Crippen molar-refractivity contribution in [1.82, 2.24) is 5.32 Å². The average Bonchev–Trinajstić information content (AvgIpc) is 2.74. The molecule has 2 aromatic rings. The van der Waals surface area contributed by atoms with Gasteiger partial charge in [0.15, 0.2) is 11.5 Å². The van der Waals surface area contributed by atoms with Gasteiger partial charge in [-0.2, -0.15) is 0 Å². The Hall–Kier alpha value is -3.87. The van der Waals surface area contributed by atoms with Crippen LogP contribution in [0.15, 0.2) is 54.6 Å². The summed E-state index contributed by atoms with van der Waals surface area (Å²) in [4.78, 5) is 39.1. The molecule has 4 amide bonds. The molecule has 2 aromatic carbocycles. The number of hydrogen-bond acceptors (Lipinski definition) is 5. The topological polar surface area (TPSA) is 95.9 Å². The van der Waals surface area contributed by atoms with Crippen molar-refractivity contribution >= 4 is 29.6 Å². The first-order chi connectivity index (χ1) is 14.9. The van der Waals surface area contributed by atoms with Crippen molar-refractivity contribution in [2.24, 2.45) is 0 Å². The van der Waals surface area contributed by atoms with Crippen molar-refractivity contribution < 1.29 is 24.2 Å². The number of benzene rings is 2. The molecule has 1 aliphatic heterocycles. The Labute approximate surface area is 180 Å². The lowest BCUT2D eigenvalue weighted by Crippen LogP contribution is -2.54. The fourth-order valence-corrected chi connectivity index (χ4v) is 3.42. The summed E-state index contributed by atoms with van der Waals surface area (Å²) in [6.07, 6.45) is 4.00. The summed E-state index contributed by atoms with van der Waals surface area (Å²) >= 11 is 0. The summed E-state index contributed by atoms with van der Waals surface area (Å²) in [5.74, 6) is -1.28. The first kappa shape index (κ1) is 21.8. The number of imide groups is 2. The van der Waals surface area contributed by atoms with Crippen molar-refractivity contribution in [2.45, 2.75) is 26.7 Å². The first-order valence-corrected chi connectivity index (χ1v) is 10.00. The number of carbonyl (C=O) groups is 3. The van der Waals surface area contributed by atoms with E-state index in [4.69, 9.17) is 4.74 Å². The molecule has 0 atom stereocenters. The van der Waals surface area contributed by atoms with Gasteiger partial charge in [-0.1, -0.05) is 31.2 Å². The number of carbonyl (C=O) groups excluding carboxylic acids is 3. The lowest BCUT2D eigenvalue weighted by molar-refractivity contribution is -0.122. The van der Waals surface area contributed by atoms with E-state index in [1.165, 1.54) is 6.08 Å². The molecule has 0 unspecified atom stereocenters. The van der Waals surface area contributed by atoms with Gasteiger partial charge in [0.1, 0.15) is 5.57 Å². The maximum atomic E-state index is 13.2. The SMILES string of the molecule is C=CCc1cc(C=C2C(=O)NC(=O)N(c3ccccc3CC)C2=O)cc(OCC)c1O. The summed E-state index contributed by atoms with van der Waals surface area (Å²) in [5.41, 5.74) is 2.06. The minimum Gasteiger partial charge on any atom is -0.504 e. The Kier molecular flexibility index (Phi) is 6.55. The highest BCUT2D eigenvalue weighted by atomic mass is 16.5. The van der Waals surface area contributed by atoms with Crippen LogP contribution in [0.1, 0.15) is 30.5 Å². The van der Waals surface area contributed by atoms with E-state index >= 15 is 0 Å². The highest BCUT2D eigenvalue weighted by Gasteiger charge is 2.37. The number of ether oxygens (including phenoxy) is 1. The number of phenolic OH excluding ortho intramolecular Hbond substituents is 1. The third-order valence-electron chi connectivity index (χ3n) is 4.87. The number of allylic oxidation sites excluding steroid dienone is 1. The summed E-state index contributed by atoms with van der Waals surface area (Å²) < 4.78 is 5.48. The van der Waals surface area contributed by atoms with Gasteiger partial charge in [-0.3, -0.25) is 14.9 Å². The average molecular weight is 420 g/mol. The fraction of sp³-hybridized carbons (Fsp3) is 0.208. The van der Waals surface area contributed by atoms with Crippen molar-refractivity contribution in [2.75, 3.05) is 11.5 Å². The van der Waals surface area contributed by atoms with Crippen molar-refractivity contribution in [3.05, 3.63) is 71.3 Å². The van der Waals surface area contributed by atoms with Crippen molar-refractivity contribution in [1.29, 1.82) is 0 Å². The molecule has 7 nitrogen and oxygen atoms in total. The van der Waals surface area contributed by atoms with Gasteiger partial charge in [-0.25, -0.2) is 9.69 Å². The molecule has 0 radical (unpaired) electrons. The molecule has 0 aliphatic carbocycles. The zero-order chi connectivity index (χ0) is 22.5. The molecular weight excluding hydrogens is 396 g/mol. The molecule has 31 heavy (non-hydrogen) atoms. The second-order valence-electron chi connectivity index (χ2n) is 6.89. The molecule has 160 valence electrons. The number of hydrogen-bond donors (Lipinski definition) is 2. The molecule has 0 aromatic heterocycles. The molecule has 1 aliphatic rings. The molecule has 0 bridgehead atoms. The number of aromatic hydroxyl groups is 1. The molecule has 3 rings (SSSR count). The highest BCUT2D eigenvalue weighted by Crippen LogP contribution is 2.34. The van der Waals surface area contributed by atoms with Crippen LogP contribution in [-0.2, 0) is 22.4 Å². The van der Waals surface area contributed by atoms with E-state index in [0.717, 1.165) is 10.5 Å². The van der Waals surface area contributed by atoms with Crippen molar-refractivity contribution in [3.8, 4) is 11.5 Å². The van der Waals surface area contributed by atoms with Gasteiger partial charge in [0.05, 0.1) is 12.3 Å². The minimum absolute atomic E-state index is 0.0167. The van der Waals surface area contributed by atoms with Crippen molar-refractivity contribution in [3.63, 3.8) is 0 Å². The van der Waals surface area contributed by atoms with Gasteiger partial charge in [0, 0.05) is 5.56 Å². The third kappa shape index (κ3) is 4.35. The number of amides is 4. The fourth-order valence-electron chi connectivity index (χ4n) is 3.42. The van der Waals surface area contributed by atoms with Crippen LogP contribution < -0.4 is 15.0 Å². The summed E-state index contributed by atoms with van der Waals surface area (Å²) in [6, 6.07) is 9.44. The summed E-state index contributed by atoms with van der Waals surface area (Å²) in [6.45, 7) is 7.71. The van der Waals surface area contributed by atoms with Gasteiger partial charge >= 0.3 is 6.03 Å². The van der Waals surface area contributed by atoms with Gasteiger partial charge in [0.25, 0.3) is 11.8 Å². The van der Waals surface area contributed by atoms with Crippen LogP contribution in [0.2, 0.25) is 0 Å². The number of anilines is 1. The number of barbiturate groups is 1. The Balaban J connectivity index is 2.09. The standard InChI is InChI=1S/C24H24N2O5/c1-4-9-17-12-15(14-20(21(17)27)31-6-3)13-18-22(28)25-24(30)26(23(18)29)19-11-8-7-10-16(19)5-2/h4,7-8,10-14,27H,1,5-6,9H2,2-3H3,(H,25,28,30). The van der Waals surface area contributed by atoms with E-state index in [1.807, 2.05) is 19.1 Å². The Morgan fingerprint density at radius 3 is 2.55 bits per heavy atom. The van der Waals surface area contributed by atoms with E-state index in [1.54, 1.807) is 37.3 Å². The zero-order valence-corrected chi connectivity index (χ0v) is 17.5. The number of aryl methyl sites for hydroxylation is 1. The van der Waals surface area contributed by atoms with Gasteiger partial charge < -0.3 is 9.84 Å². The lowest BCUT2D eigenvalue weighted by atomic mass is 10.0. The molecule has 0 saturated carbocycles. The van der Waals surface area contributed by atoms with Crippen LogP contribution in [-0.4, -0.2) is 29.6 Å². The molecule has 1 fully saturated rings. The number of urea groups is 1. The maximum Gasteiger partial charge on any atom is 0.335 e. The van der Waals surface area contributed by atoms with E-state index in [0.29, 0.717) is 36.3 Å². The number of rotatable bonds is 7. The molecule has 1 heterocycles. The van der Waals surface area contributed by atoms with E-state index in [2.05, 4.69) is 11.9 Å². The summed E-state index contributed by atoms with van der Waals surface area (Å²) in [5, 5.41) is 12.6. The molecule has 0 spiro atoms. The number of phenols is 1. The second-order valence-corrected chi connectivity index (χ2v) is 6.89. The molecule has 7 heteroatoms. The van der Waals surface area contributed by atoms with E-state index < -0.39 is 17.8 Å². The smallest absolute Gasteiger partial charge is 0.335 e. The summed E-state index contributed by atoms with van der Waals surface area (Å²) in [7, 11) is 0. The number of nitrogens with one attached hydrogen (secondary N) is 1. The van der Waals surface area contributed by atoms with Crippen LogP contribution in [0.3, 0.4) is 0 Å². The predicted octanol–water partition coefficient (Wildman–Crippen LogP) is 3.75. The van der Waals surface area contributed by atoms with Crippen LogP contribution in [0.5, 0.6) is 11.5 Å². The van der Waals surface area contributed by atoms with E-state index in [-0.39, 0.29) is 17.1 Å². The molecule has 2 N–H and O–H groups in total. The minimum atomic E-state index is -0.791. The normalized spacial score (nSPS) is 15.2. The Bertz CT molecular complexity index is 1090. The number of nitrogens with zero attached hydrogens (tertiary/aromatic N) is 1.